The largest absolute Gasteiger partial charge is 0.492 e. The number of aryl methyl sites for hydroxylation is 2. The lowest BCUT2D eigenvalue weighted by Crippen LogP contribution is -2.13. The van der Waals surface area contributed by atoms with E-state index in [0.717, 1.165) is 12.3 Å². The molecule has 0 radical (unpaired) electrons. The molecule has 0 aliphatic heterocycles. The minimum atomic E-state index is 0.560. The zero-order chi connectivity index (χ0) is 15.2. The van der Waals surface area contributed by atoms with E-state index in [4.69, 9.17) is 4.74 Å². The molecule has 0 aliphatic rings. The number of rotatable bonds is 6. The predicted octanol–water partition coefficient (Wildman–Crippen LogP) is 4.92. The number of benzene rings is 2. The van der Waals surface area contributed by atoms with Gasteiger partial charge in [0.1, 0.15) is 12.4 Å². The van der Waals surface area contributed by atoms with Crippen LogP contribution in [-0.2, 0) is 0 Å². The molecule has 0 aliphatic carbocycles. The van der Waals surface area contributed by atoms with Crippen LogP contribution in [0.25, 0.3) is 0 Å². The summed E-state index contributed by atoms with van der Waals surface area (Å²) in [6, 6.07) is 14.7. The van der Waals surface area contributed by atoms with Crippen molar-refractivity contribution in [2.24, 2.45) is 0 Å². The molecule has 2 rings (SSSR count). The van der Waals surface area contributed by atoms with E-state index in [-0.39, 0.29) is 0 Å². The lowest BCUT2D eigenvalue weighted by atomic mass is 10.0. The van der Waals surface area contributed by atoms with Crippen LogP contribution in [0.4, 0.5) is 5.69 Å². The Balaban J connectivity index is 1.82. The van der Waals surface area contributed by atoms with Crippen LogP contribution >= 0.6 is 0 Å². The molecular formula is C19H25NO. The Hall–Kier alpha value is -1.96. The number of nitrogens with one attached hydrogen (secondary N) is 1. The summed E-state index contributed by atoms with van der Waals surface area (Å²) in [4.78, 5) is 0. The SMILES string of the molecule is Cc1cccc(C)c1NCCOc1ccc(C(C)C)cc1. The number of para-hydroxylation sites is 1. The third kappa shape index (κ3) is 4.25. The van der Waals surface area contributed by atoms with Crippen molar-refractivity contribution in [1.82, 2.24) is 0 Å². The van der Waals surface area contributed by atoms with E-state index < -0.39 is 0 Å². The molecule has 112 valence electrons. The zero-order valence-corrected chi connectivity index (χ0v) is 13.4. The van der Waals surface area contributed by atoms with Gasteiger partial charge in [-0.05, 0) is 48.6 Å². The number of anilines is 1. The van der Waals surface area contributed by atoms with Crippen molar-refractivity contribution in [3.05, 3.63) is 59.2 Å². The summed E-state index contributed by atoms with van der Waals surface area (Å²) in [5.74, 6) is 1.49. The number of hydrogen-bond donors (Lipinski definition) is 1. The second kappa shape index (κ2) is 7.16. The van der Waals surface area contributed by atoms with Gasteiger partial charge < -0.3 is 10.1 Å². The van der Waals surface area contributed by atoms with Gasteiger partial charge in [-0.3, -0.25) is 0 Å². The summed E-state index contributed by atoms with van der Waals surface area (Å²) >= 11 is 0. The molecule has 1 N–H and O–H groups in total. The lowest BCUT2D eigenvalue weighted by Gasteiger charge is -2.13. The lowest BCUT2D eigenvalue weighted by molar-refractivity contribution is 0.332. The van der Waals surface area contributed by atoms with Gasteiger partial charge in [-0.2, -0.15) is 0 Å². The highest BCUT2D eigenvalue weighted by molar-refractivity contribution is 5.56. The van der Waals surface area contributed by atoms with Crippen LogP contribution in [-0.4, -0.2) is 13.2 Å². The first-order valence-corrected chi connectivity index (χ1v) is 7.61. The van der Waals surface area contributed by atoms with Crippen LogP contribution < -0.4 is 10.1 Å². The zero-order valence-electron chi connectivity index (χ0n) is 13.4. The van der Waals surface area contributed by atoms with E-state index in [0.29, 0.717) is 12.5 Å². The van der Waals surface area contributed by atoms with Gasteiger partial charge in [0.25, 0.3) is 0 Å². The first kappa shape index (κ1) is 15.4. The number of hydrogen-bond acceptors (Lipinski definition) is 2. The number of ether oxygens (including phenoxy) is 1. The van der Waals surface area contributed by atoms with Gasteiger partial charge in [0.05, 0.1) is 0 Å². The average molecular weight is 283 g/mol. The van der Waals surface area contributed by atoms with Gasteiger partial charge in [0.2, 0.25) is 0 Å². The molecule has 2 nitrogen and oxygen atoms in total. The van der Waals surface area contributed by atoms with E-state index in [2.05, 4.69) is 63.3 Å². The summed E-state index contributed by atoms with van der Waals surface area (Å²) in [7, 11) is 0. The van der Waals surface area contributed by atoms with Crippen LogP contribution in [0.15, 0.2) is 42.5 Å². The van der Waals surface area contributed by atoms with Gasteiger partial charge in [-0.15, -0.1) is 0 Å². The van der Waals surface area contributed by atoms with Crippen molar-refractivity contribution >= 4 is 5.69 Å². The molecule has 21 heavy (non-hydrogen) atoms. The molecule has 2 heteroatoms. The molecule has 0 heterocycles. The molecule has 0 spiro atoms. The van der Waals surface area contributed by atoms with Crippen molar-refractivity contribution in [3.63, 3.8) is 0 Å². The van der Waals surface area contributed by atoms with Crippen LogP contribution in [0.3, 0.4) is 0 Å². The molecule has 2 aromatic carbocycles. The second-order valence-electron chi connectivity index (χ2n) is 5.77. The fourth-order valence-electron chi connectivity index (χ4n) is 2.39. The van der Waals surface area contributed by atoms with E-state index in [1.165, 1.54) is 22.4 Å². The van der Waals surface area contributed by atoms with Crippen molar-refractivity contribution in [1.29, 1.82) is 0 Å². The highest BCUT2D eigenvalue weighted by atomic mass is 16.5. The van der Waals surface area contributed by atoms with Gasteiger partial charge in [0.15, 0.2) is 0 Å². The van der Waals surface area contributed by atoms with E-state index in [1.807, 2.05) is 12.1 Å². The van der Waals surface area contributed by atoms with Crippen LogP contribution in [0, 0.1) is 13.8 Å². The fourth-order valence-corrected chi connectivity index (χ4v) is 2.39. The van der Waals surface area contributed by atoms with Crippen molar-refractivity contribution in [2.45, 2.75) is 33.6 Å². The molecule has 0 amide bonds. The Labute approximate surface area is 128 Å². The summed E-state index contributed by atoms with van der Waals surface area (Å²) < 4.78 is 5.78. The molecule has 0 unspecified atom stereocenters. The molecule has 0 saturated heterocycles. The Kier molecular flexibility index (Phi) is 5.26. The molecule has 0 fully saturated rings. The standard InChI is InChI=1S/C19H25NO/c1-14(2)17-8-10-18(11-9-17)21-13-12-20-19-15(3)6-5-7-16(19)4/h5-11,14,20H,12-13H2,1-4H3. The molecule has 0 aromatic heterocycles. The van der Waals surface area contributed by atoms with Crippen molar-refractivity contribution in [3.8, 4) is 5.75 Å². The summed E-state index contributed by atoms with van der Waals surface area (Å²) in [6.07, 6.45) is 0. The maximum atomic E-state index is 5.78. The Morgan fingerprint density at radius 1 is 0.952 bits per heavy atom. The molecular weight excluding hydrogens is 258 g/mol. The smallest absolute Gasteiger partial charge is 0.119 e. The summed E-state index contributed by atoms with van der Waals surface area (Å²) in [5, 5.41) is 3.46. The van der Waals surface area contributed by atoms with Crippen LogP contribution in [0.1, 0.15) is 36.5 Å². The van der Waals surface area contributed by atoms with Crippen LogP contribution in [0.2, 0.25) is 0 Å². The predicted molar refractivity (Wildman–Crippen MR) is 90.4 cm³/mol. The minimum absolute atomic E-state index is 0.560. The van der Waals surface area contributed by atoms with Gasteiger partial charge >= 0.3 is 0 Å². The third-order valence-corrected chi connectivity index (χ3v) is 3.70. The first-order valence-electron chi connectivity index (χ1n) is 7.61. The van der Waals surface area contributed by atoms with Crippen molar-refractivity contribution < 1.29 is 4.74 Å². The summed E-state index contributed by atoms with van der Waals surface area (Å²) in [5.41, 5.74) is 5.11. The topological polar surface area (TPSA) is 21.3 Å². The maximum absolute atomic E-state index is 5.78. The fraction of sp³-hybridized carbons (Fsp3) is 0.368. The Morgan fingerprint density at radius 3 is 2.14 bits per heavy atom. The van der Waals surface area contributed by atoms with Gasteiger partial charge in [0, 0.05) is 12.2 Å². The maximum Gasteiger partial charge on any atom is 0.119 e. The van der Waals surface area contributed by atoms with E-state index in [9.17, 15) is 0 Å². The average Bonchev–Trinajstić information content (AvgIpc) is 2.46. The normalized spacial score (nSPS) is 10.7. The molecule has 2 aromatic rings. The minimum Gasteiger partial charge on any atom is -0.492 e. The van der Waals surface area contributed by atoms with E-state index in [1.54, 1.807) is 0 Å². The third-order valence-electron chi connectivity index (χ3n) is 3.70. The van der Waals surface area contributed by atoms with E-state index >= 15 is 0 Å². The van der Waals surface area contributed by atoms with Crippen molar-refractivity contribution in [2.75, 3.05) is 18.5 Å². The van der Waals surface area contributed by atoms with Gasteiger partial charge in [-0.1, -0.05) is 44.2 Å². The van der Waals surface area contributed by atoms with Crippen LogP contribution in [0.5, 0.6) is 5.75 Å². The highest BCUT2D eigenvalue weighted by Crippen LogP contribution is 2.20. The molecule has 0 bridgehead atoms. The quantitative estimate of drug-likeness (QED) is 0.760. The first-order chi connectivity index (χ1) is 10.1. The highest BCUT2D eigenvalue weighted by Gasteiger charge is 2.02. The summed E-state index contributed by atoms with van der Waals surface area (Å²) in [6.45, 7) is 10.1. The van der Waals surface area contributed by atoms with Gasteiger partial charge in [-0.25, -0.2) is 0 Å². The Morgan fingerprint density at radius 2 is 1.57 bits per heavy atom. The molecule has 0 atom stereocenters. The monoisotopic (exact) mass is 283 g/mol. The second-order valence-corrected chi connectivity index (χ2v) is 5.77. The molecule has 0 saturated carbocycles. The Bertz CT molecular complexity index is 552.